The molecule has 114 valence electrons. The summed E-state index contributed by atoms with van der Waals surface area (Å²) < 4.78 is 0. The molecule has 1 unspecified atom stereocenters. The first-order valence-electron chi connectivity index (χ1n) is 7.38. The molecule has 0 spiro atoms. The molecule has 0 bridgehead atoms. The molecule has 1 fully saturated rings. The Morgan fingerprint density at radius 1 is 1.38 bits per heavy atom. The maximum Gasteiger partial charge on any atom is 0.251 e. The highest BCUT2D eigenvalue weighted by atomic mass is 16.2. The summed E-state index contributed by atoms with van der Waals surface area (Å²) in [5, 5.41) is 6.23. The second kappa shape index (κ2) is 6.72. The van der Waals surface area contributed by atoms with Gasteiger partial charge in [-0.2, -0.15) is 0 Å². The minimum atomic E-state index is -0.0871. The molecule has 1 aliphatic rings. The van der Waals surface area contributed by atoms with Gasteiger partial charge in [0.1, 0.15) is 0 Å². The van der Waals surface area contributed by atoms with Crippen LogP contribution in [0.5, 0.6) is 0 Å². The largest absolute Gasteiger partial charge is 0.348 e. The Kier molecular flexibility index (Phi) is 4.96. The topological polar surface area (TPSA) is 61.4 Å². The van der Waals surface area contributed by atoms with Crippen molar-refractivity contribution in [2.24, 2.45) is 5.92 Å². The van der Waals surface area contributed by atoms with Gasteiger partial charge in [-0.15, -0.1) is 0 Å². The molecule has 0 saturated carbocycles. The smallest absolute Gasteiger partial charge is 0.251 e. The molecule has 1 aromatic carbocycles. The third kappa shape index (κ3) is 3.82. The Morgan fingerprint density at radius 2 is 2.14 bits per heavy atom. The molecule has 2 rings (SSSR count). The second-order valence-electron chi connectivity index (χ2n) is 5.77. The van der Waals surface area contributed by atoms with E-state index < -0.39 is 0 Å². The van der Waals surface area contributed by atoms with Crippen molar-refractivity contribution in [3.63, 3.8) is 0 Å². The van der Waals surface area contributed by atoms with Gasteiger partial charge in [0.2, 0.25) is 5.91 Å². The van der Waals surface area contributed by atoms with Crippen molar-refractivity contribution in [2.75, 3.05) is 25.0 Å². The summed E-state index contributed by atoms with van der Waals surface area (Å²) in [6.07, 6.45) is 0.956. The summed E-state index contributed by atoms with van der Waals surface area (Å²) in [7, 11) is 1.74. The van der Waals surface area contributed by atoms with E-state index in [1.165, 1.54) is 0 Å². The SMILES string of the molecule is CC(C)C(=O)N(C)c1cccc(C(=O)NC2CCNC2)c1. The molecule has 21 heavy (non-hydrogen) atoms. The molecule has 2 amide bonds. The number of hydrogen-bond acceptors (Lipinski definition) is 3. The van der Waals surface area contributed by atoms with Crippen molar-refractivity contribution in [1.82, 2.24) is 10.6 Å². The van der Waals surface area contributed by atoms with Crippen LogP contribution in [0.15, 0.2) is 24.3 Å². The van der Waals surface area contributed by atoms with Gasteiger partial charge in [0, 0.05) is 36.8 Å². The van der Waals surface area contributed by atoms with Crippen LogP contribution in [-0.2, 0) is 4.79 Å². The van der Waals surface area contributed by atoms with Crippen molar-refractivity contribution in [3.05, 3.63) is 29.8 Å². The van der Waals surface area contributed by atoms with Crippen LogP contribution < -0.4 is 15.5 Å². The predicted molar refractivity (Wildman–Crippen MR) is 83.4 cm³/mol. The molecule has 1 heterocycles. The van der Waals surface area contributed by atoms with Crippen LogP contribution in [0.1, 0.15) is 30.6 Å². The first-order valence-corrected chi connectivity index (χ1v) is 7.38. The number of amides is 2. The van der Waals surface area contributed by atoms with Crippen molar-refractivity contribution in [1.29, 1.82) is 0 Å². The molecule has 1 atom stereocenters. The summed E-state index contributed by atoms with van der Waals surface area (Å²) in [6, 6.07) is 7.37. The zero-order valence-electron chi connectivity index (χ0n) is 12.8. The molecule has 1 aromatic rings. The summed E-state index contributed by atoms with van der Waals surface area (Å²) in [6.45, 7) is 5.48. The predicted octanol–water partition coefficient (Wildman–Crippen LogP) is 1.40. The fraction of sp³-hybridized carbons (Fsp3) is 0.500. The lowest BCUT2D eigenvalue weighted by atomic mass is 10.1. The van der Waals surface area contributed by atoms with E-state index in [1.54, 1.807) is 30.1 Å². The summed E-state index contributed by atoms with van der Waals surface area (Å²) in [5.41, 5.74) is 1.33. The number of carbonyl (C=O) groups is 2. The van der Waals surface area contributed by atoms with Crippen LogP contribution >= 0.6 is 0 Å². The van der Waals surface area contributed by atoms with Gasteiger partial charge in [0.25, 0.3) is 5.91 Å². The fourth-order valence-corrected chi connectivity index (χ4v) is 2.42. The molecule has 0 radical (unpaired) electrons. The number of benzene rings is 1. The lowest BCUT2D eigenvalue weighted by Gasteiger charge is -2.20. The second-order valence-corrected chi connectivity index (χ2v) is 5.77. The highest BCUT2D eigenvalue weighted by Crippen LogP contribution is 2.17. The lowest BCUT2D eigenvalue weighted by Crippen LogP contribution is -2.36. The maximum atomic E-state index is 12.2. The molecule has 0 aromatic heterocycles. The fourth-order valence-electron chi connectivity index (χ4n) is 2.42. The van der Waals surface area contributed by atoms with Crippen LogP contribution in [0.25, 0.3) is 0 Å². The summed E-state index contributed by atoms with van der Waals surface area (Å²) in [4.78, 5) is 25.9. The van der Waals surface area contributed by atoms with Gasteiger partial charge in [-0.1, -0.05) is 19.9 Å². The molecular formula is C16H23N3O2. The molecule has 2 N–H and O–H groups in total. The number of hydrogen-bond donors (Lipinski definition) is 2. The number of nitrogens with one attached hydrogen (secondary N) is 2. The normalized spacial score (nSPS) is 17.8. The number of rotatable bonds is 4. The Labute approximate surface area is 125 Å². The number of nitrogens with zero attached hydrogens (tertiary/aromatic N) is 1. The monoisotopic (exact) mass is 289 g/mol. The van der Waals surface area contributed by atoms with Crippen molar-refractivity contribution < 1.29 is 9.59 Å². The minimum Gasteiger partial charge on any atom is -0.348 e. The quantitative estimate of drug-likeness (QED) is 0.880. The zero-order valence-corrected chi connectivity index (χ0v) is 12.8. The third-order valence-corrected chi connectivity index (χ3v) is 3.72. The average Bonchev–Trinajstić information content (AvgIpc) is 2.98. The van der Waals surface area contributed by atoms with Gasteiger partial charge >= 0.3 is 0 Å². The van der Waals surface area contributed by atoms with E-state index in [2.05, 4.69) is 10.6 Å². The average molecular weight is 289 g/mol. The molecule has 5 nitrogen and oxygen atoms in total. The van der Waals surface area contributed by atoms with Crippen LogP contribution in [0.3, 0.4) is 0 Å². The van der Waals surface area contributed by atoms with E-state index >= 15 is 0 Å². The van der Waals surface area contributed by atoms with Gasteiger partial charge < -0.3 is 15.5 Å². The van der Waals surface area contributed by atoms with Gasteiger partial charge in [-0.3, -0.25) is 9.59 Å². The lowest BCUT2D eigenvalue weighted by molar-refractivity contribution is -0.121. The highest BCUT2D eigenvalue weighted by Gasteiger charge is 2.19. The van der Waals surface area contributed by atoms with Crippen LogP contribution in [0.2, 0.25) is 0 Å². The van der Waals surface area contributed by atoms with Crippen molar-refractivity contribution in [3.8, 4) is 0 Å². The summed E-state index contributed by atoms with van der Waals surface area (Å²) in [5.74, 6) is -0.124. The van der Waals surface area contributed by atoms with E-state index in [0.717, 1.165) is 25.2 Å². The Morgan fingerprint density at radius 3 is 2.76 bits per heavy atom. The first-order chi connectivity index (χ1) is 9.99. The van der Waals surface area contributed by atoms with E-state index in [-0.39, 0.29) is 23.8 Å². The zero-order chi connectivity index (χ0) is 15.4. The molecular weight excluding hydrogens is 266 g/mol. The third-order valence-electron chi connectivity index (χ3n) is 3.72. The molecule has 1 saturated heterocycles. The molecule has 1 aliphatic heterocycles. The Balaban J connectivity index is 2.09. The number of carbonyl (C=O) groups excluding carboxylic acids is 2. The van der Waals surface area contributed by atoms with Crippen LogP contribution in [-0.4, -0.2) is 38.0 Å². The Hall–Kier alpha value is -1.88. The molecule has 0 aliphatic carbocycles. The van der Waals surface area contributed by atoms with Gasteiger partial charge in [-0.25, -0.2) is 0 Å². The number of anilines is 1. The van der Waals surface area contributed by atoms with Crippen molar-refractivity contribution >= 4 is 17.5 Å². The van der Waals surface area contributed by atoms with E-state index in [4.69, 9.17) is 0 Å². The van der Waals surface area contributed by atoms with E-state index in [9.17, 15) is 9.59 Å². The minimum absolute atomic E-state index is 0.0348. The van der Waals surface area contributed by atoms with E-state index in [1.807, 2.05) is 19.9 Å². The van der Waals surface area contributed by atoms with Gasteiger partial charge in [0.05, 0.1) is 0 Å². The summed E-state index contributed by atoms with van der Waals surface area (Å²) >= 11 is 0. The molecule has 5 heteroatoms. The van der Waals surface area contributed by atoms with Crippen LogP contribution in [0, 0.1) is 5.92 Å². The Bertz CT molecular complexity index is 522. The van der Waals surface area contributed by atoms with Gasteiger partial charge in [-0.05, 0) is 31.2 Å². The van der Waals surface area contributed by atoms with E-state index in [0.29, 0.717) is 5.56 Å². The van der Waals surface area contributed by atoms with Crippen LogP contribution in [0.4, 0.5) is 5.69 Å². The first kappa shape index (κ1) is 15.5. The highest BCUT2D eigenvalue weighted by molar-refractivity contribution is 5.98. The van der Waals surface area contributed by atoms with Crippen molar-refractivity contribution in [2.45, 2.75) is 26.3 Å². The maximum absolute atomic E-state index is 12.2. The van der Waals surface area contributed by atoms with Gasteiger partial charge in [0.15, 0.2) is 0 Å². The standard InChI is InChI=1S/C16H23N3O2/c1-11(2)16(21)19(3)14-6-4-5-12(9-14)15(20)18-13-7-8-17-10-13/h4-6,9,11,13,17H,7-8,10H2,1-3H3,(H,18,20).